The number of benzene rings is 2. The van der Waals surface area contributed by atoms with E-state index in [9.17, 15) is 9.90 Å². The molecule has 3 N–H and O–H groups in total. The van der Waals surface area contributed by atoms with Gasteiger partial charge < -0.3 is 10.4 Å². The lowest BCUT2D eigenvalue weighted by atomic mass is 10.2. The Labute approximate surface area is 158 Å². The van der Waals surface area contributed by atoms with E-state index < -0.39 is 0 Å². The molecule has 0 bridgehead atoms. The second kappa shape index (κ2) is 8.47. The van der Waals surface area contributed by atoms with Gasteiger partial charge in [-0.05, 0) is 72.1 Å². The van der Waals surface area contributed by atoms with Gasteiger partial charge in [0.2, 0.25) is 0 Å². The van der Waals surface area contributed by atoms with Gasteiger partial charge >= 0.3 is 0 Å². The summed E-state index contributed by atoms with van der Waals surface area (Å²) in [4.78, 5) is 11.8. The Balaban J connectivity index is 1.89. The van der Waals surface area contributed by atoms with Crippen molar-refractivity contribution in [2.75, 3.05) is 11.9 Å². The Morgan fingerprint density at radius 3 is 2.57 bits per heavy atom. The molecule has 0 unspecified atom stereocenters. The largest absolute Gasteiger partial charge is 0.507 e. The summed E-state index contributed by atoms with van der Waals surface area (Å²) in [6.45, 7) is 0.0603. The number of anilines is 1. The van der Waals surface area contributed by atoms with Gasteiger partial charge in [-0.3, -0.25) is 4.79 Å². The van der Waals surface area contributed by atoms with E-state index in [1.54, 1.807) is 24.3 Å². The number of carbonyl (C=O) groups excluding carboxylic acids is 1. The fourth-order valence-electron chi connectivity index (χ4n) is 1.64. The first-order valence-electron chi connectivity index (χ1n) is 6.45. The van der Waals surface area contributed by atoms with Crippen LogP contribution in [0.5, 0.6) is 5.75 Å². The fourth-order valence-corrected chi connectivity index (χ4v) is 3.12. The average molecular weight is 506 g/mol. The summed E-state index contributed by atoms with van der Waals surface area (Å²) in [5.74, 6) is -0.199. The van der Waals surface area contributed by atoms with Crippen molar-refractivity contribution < 1.29 is 9.90 Å². The van der Waals surface area contributed by atoms with Gasteiger partial charge in [-0.15, -0.1) is 0 Å². The number of nitrogens with one attached hydrogen (secondary N) is 2. The van der Waals surface area contributed by atoms with Crippen LogP contribution in [0.4, 0.5) is 5.69 Å². The maximum atomic E-state index is 11.8. The lowest BCUT2D eigenvalue weighted by Crippen LogP contribution is -2.26. The summed E-state index contributed by atoms with van der Waals surface area (Å²) in [6, 6.07) is 10.5. The number of halogens is 3. The van der Waals surface area contributed by atoms with Crippen molar-refractivity contribution in [3.05, 3.63) is 55.4 Å². The van der Waals surface area contributed by atoms with Crippen LogP contribution in [0.3, 0.4) is 0 Å². The second-order valence-electron chi connectivity index (χ2n) is 4.45. The van der Waals surface area contributed by atoms with E-state index in [4.69, 9.17) is 0 Å². The molecule has 1 amide bonds. The van der Waals surface area contributed by atoms with Crippen LogP contribution in [-0.4, -0.2) is 23.8 Å². The third kappa shape index (κ3) is 5.33. The van der Waals surface area contributed by atoms with Crippen LogP contribution in [0.25, 0.3) is 0 Å². The molecule has 2 aromatic carbocycles. The molecule has 23 heavy (non-hydrogen) atoms. The number of hydrogen-bond donors (Lipinski definition) is 3. The van der Waals surface area contributed by atoms with Crippen LogP contribution in [0, 0.1) is 0 Å². The third-order valence-corrected chi connectivity index (χ3v) is 5.28. The zero-order valence-electron chi connectivity index (χ0n) is 11.7. The minimum Gasteiger partial charge on any atom is -0.507 e. The zero-order chi connectivity index (χ0) is 16.8. The van der Waals surface area contributed by atoms with Crippen LogP contribution < -0.4 is 10.7 Å². The monoisotopic (exact) mass is 503 g/mol. The molecule has 0 fully saturated rings. The predicted molar refractivity (Wildman–Crippen MR) is 102 cm³/mol. The van der Waals surface area contributed by atoms with E-state index >= 15 is 0 Å². The molecule has 0 aliphatic heterocycles. The van der Waals surface area contributed by atoms with Crippen LogP contribution in [-0.2, 0) is 4.79 Å². The van der Waals surface area contributed by atoms with E-state index in [2.05, 4.69) is 63.6 Å². The maximum Gasteiger partial charge on any atom is 0.259 e. The standard InChI is InChI=1S/C15H12Br3N3O2/c16-10-5-12(18)13(6-11(10)17)19-8-15(23)21-20-7-9-3-1-2-4-14(9)22/h1-7,19,22H,8H2,(H,21,23). The highest BCUT2D eigenvalue weighted by molar-refractivity contribution is 9.13. The number of nitrogens with zero attached hydrogens (tertiary/aromatic N) is 1. The predicted octanol–water partition coefficient (Wildman–Crippen LogP) is 4.24. The van der Waals surface area contributed by atoms with Crippen molar-refractivity contribution in [2.24, 2.45) is 5.10 Å². The van der Waals surface area contributed by atoms with Gasteiger partial charge in [0.1, 0.15) is 5.75 Å². The number of rotatable bonds is 5. The Morgan fingerprint density at radius 2 is 1.83 bits per heavy atom. The maximum absolute atomic E-state index is 11.8. The summed E-state index contributed by atoms with van der Waals surface area (Å²) in [5, 5.41) is 16.4. The minimum absolute atomic E-state index is 0.0603. The van der Waals surface area contributed by atoms with E-state index in [0.29, 0.717) is 5.56 Å². The van der Waals surface area contributed by atoms with Gasteiger partial charge in [0.05, 0.1) is 18.4 Å². The molecular formula is C15H12Br3N3O2. The fraction of sp³-hybridized carbons (Fsp3) is 0.0667. The summed E-state index contributed by atoms with van der Waals surface area (Å²) in [5.41, 5.74) is 3.70. The molecular weight excluding hydrogens is 494 g/mol. The Bertz CT molecular complexity index is 751. The summed E-state index contributed by atoms with van der Waals surface area (Å²) >= 11 is 10.2. The second-order valence-corrected chi connectivity index (χ2v) is 7.01. The van der Waals surface area contributed by atoms with Gasteiger partial charge in [0.25, 0.3) is 5.91 Å². The molecule has 0 spiro atoms. The topological polar surface area (TPSA) is 73.7 Å². The minimum atomic E-state index is -0.303. The van der Waals surface area contributed by atoms with Gasteiger partial charge in [0, 0.05) is 19.0 Å². The molecule has 0 atom stereocenters. The molecule has 0 aliphatic rings. The molecule has 0 aliphatic carbocycles. The normalized spacial score (nSPS) is 10.7. The molecule has 5 nitrogen and oxygen atoms in total. The number of hydrazone groups is 1. The summed E-state index contributed by atoms with van der Waals surface area (Å²) in [7, 11) is 0. The van der Waals surface area contributed by atoms with Gasteiger partial charge in [-0.1, -0.05) is 12.1 Å². The quantitative estimate of drug-likeness (QED) is 0.323. The van der Waals surface area contributed by atoms with Crippen molar-refractivity contribution in [3.8, 4) is 5.75 Å². The van der Waals surface area contributed by atoms with Crippen molar-refractivity contribution in [3.63, 3.8) is 0 Å². The SMILES string of the molecule is O=C(CNc1cc(Br)c(Br)cc1Br)NN=Cc1ccccc1O. The van der Waals surface area contributed by atoms with Crippen LogP contribution in [0.2, 0.25) is 0 Å². The van der Waals surface area contributed by atoms with E-state index in [0.717, 1.165) is 19.1 Å². The van der Waals surface area contributed by atoms with Crippen molar-refractivity contribution >= 4 is 65.6 Å². The molecule has 2 aromatic rings. The highest BCUT2D eigenvalue weighted by Crippen LogP contribution is 2.32. The highest BCUT2D eigenvalue weighted by Gasteiger charge is 2.06. The number of amides is 1. The third-order valence-electron chi connectivity index (χ3n) is 2.78. The van der Waals surface area contributed by atoms with E-state index in [1.807, 2.05) is 12.1 Å². The smallest absolute Gasteiger partial charge is 0.259 e. The molecule has 0 saturated carbocycles. The van der Waals surface area contributed by atoms with E-state index in [-0.39, 0.29) is 18.2 Å². The van der Waals surface area contributed by atoms with Gasteiger partial charge in [0.15, 0.2) is 0 Å². The Kier molecular flexibility index (Phi) is 6.61. The zero-order valence-corrected chi connectivity index (χ0v) is 16.4. The summed E-state index contributed by atoms with van der Waals surface area (Å²) in [6.07, 6.45) is 1.39. The average Bonchev–Trinajstić information content (AvgIpc) is 2.51. The molecule has 120 valence electrons. The van der Waals surface area contributed by atoms with Gasteiger partial charge in [-0.2, -0.15) is 5.10 Å². The molecule has 8 heteroatoms. The van der Waals surface area contributed by atoms with E-state index in [1.165, 1.54) is 6.21 Å². The molecule has 2 rings (SSSR count). The van der Waals surface area contributed by atoms with Crippen LogP contribution in [0.1, 0.15) is 5.56 Å². The number of aromatic hydroxyl groups is 1. The highest BCUT2D eigenvalue weighted by atomic mass is 79.9. The molecule has 0 radical (unpaired) electrons. The number of phenolic OH excluding ortho intramolecular Hbond substituents is 1. The Hall–Kier alpha value is -1.38. The first kappa shape index (κ1) is 18.0. The molecule has 0 heterocycles. The number of phenols is 1. The number of hydrogen-bond acceptors (Lipinski definition) is 4. The van der Waals surface area contributed by atoms with Crippen molar-refractivity contribution in [1.29, 1.82) is 0 Å². The lowest BCUT2D eigenvalue weighted by Gasteiger charge is -2.09. The summed E-state index contributed by atoms with van der Waals surface area (Å²) < 4.78 is 2.62. The van der Waals surface area contributed by atoms with Crippen LogP contribution in [0.15, 0.2) is 54.9 Å². The molecule has 0 aromatic heterocycles. The number of carbonyl (C=O) groups is 1. The van der Waals surface area contributed by atoms with Crippen molar-refractivity contribution in [2.45, 2.75) is 0 Å². The van der Waals surface area contributed by atoms with Crippen LogP contribution >= 0.6 is 47.8 Å². The number of para-hydroxylation sites is 1. The first-order valence-corrected chi connectivity index (χ1v) is 8.83. The Morgan fingerprint density at radius 1 is 1.13 bits per heavy atom. The van der Waals surface area contributed by atoms with Gasteiger partial charge in [-0.25, -0.2) is 5.43 Å². The van der Waals surface area contributed by atoms with Crippen molar-refractivity contribution in [1.82, 2.24) is 5.43 Å². The lowest BCUT2D eigenvalue weighted by molar-refractivity contribution is -0.119. The first-order chi connectivity index (χ1) is 11.0. The molecule has 0 saturated heterocycles.